The van der Waals surface area contributed by atoms with Crippen LogP contribution < -0.4 is 14.1 Å². The van der Waals surface area contributed by atoms with Crippen molar-refractivity contribution in [1.82, 2.24) is 15.0 Å². The topological polar surface area (TPSA) is 38.7 Å². The average molecular weight is 179 g/mol. The van der Waals surface area contributed by atoms with E-state index >= 15 is 0 Å². The highest BCUT2D eigenvalue weighted by Gasteiger charge is 1.97. The Hall–Kier alpha value is 0.607. The van der Waals surface area contributed by atoms with Crippen molar-refractivity contribution in [1.29, 1.82) is 0 Å². The Kier molecular flexibility index (Phi) is 3.35. The molecule has 1 rings (SSSR count). The second-order valence-corrected chi connectivity index (χ2v) is 5.33. The molecule has 6 heteroatoms. The standard InChI is InChI=1S/C3N3.CH3.3Al.5H/c1-4-2-6-3-5-1;;;;;;;;;/h;1H3;;;;;;;;. The van der Waals surface area contributed by atoms with E-state index in [4.69, 9.17) is 0 Å². The Morgan fingerprint density at radius 3 is 2.00 bits per heavy atom. The van der Waals surface area contributed by atoms with Crippen LogP contribution in [0, 0.1) is 0 Å². The lowest BCUT2D eigenvalue weighted by Crippen LogP contribution is -2.38. The van der Waals surface area contributed by atoms with Crippen LogP contribution in [0.5, 0.6) is 0 Å². The molecule has 0 spiro atoms. The summed E-state index contributed by atoms with van der Waals surface area (Å²) in [6, 6.07) is 0. The molecule has 1 heterocycles. The molecule has 0 aliphatic carbocycles. The summed E-state index contributed by atoms with van der Waals surface area (Å²) in [5, 5.41) is 0. The predicted molar refractivity (Wildman–Crippen MR) is 48.8 cm³/mol. The van der Waals surface area contributed by atoms with Crippen LogP contribution in [0.4, 0.5) is 0 Å². The third kappa shape index (κ3) is 2.33. The number of rotatable bonds is 1. The van der Waals surface area contributed by atoms with Crippen LogP contribution >= 0.6 is 0 Å². The normalized spacial score (nSPS) is 9.30. The van der Waals surface area contributed by atoms with Gasteiger partial charge in [0.1, 0.15) is 0 Å². The zero-order valence-corrected chi connectivity index (χ0v) is 12.0. The molecule has 1 aromatic rings. The van der Waals surface area contributed by atoms with Crippen LogP contribution in [0.1, 0.15) is 0 Å². The van der Waals surface area contributed by atoms with Gasteiger partial charge < -0.3 is 0 Å². The van der Waals surface area contributed by atoms with Crippen LogP contribution in [0.25, 0.3) is 0 Å². The minimum atomic E-state index is -0.169. The van der Waals surface area contributed by atoms with Crippen molar-refractivity contribution in [2.75, 3.05) is 0 Å². The van der Waals surface area contributed by atoms with E-state index in [0.717, 1.165) is 46.6 Å². The molecule has 0 aliphatic rings. The molecular weight excluding hydrogens is 171 g/mol. The zero-order valence-electron chi connectivity index (χ0n) is 6.55. The molecule has 0 saturated carbocycles. The first-order valence-corrected chi connectivity index (χ1v) is 7.52. The van der Waals surface area contributed by atoms with Gasteiger partial charge in [0, 0.05) is 14.1 Å². The van der Waals surface area contributed by atoms with E-state index in [9.17, 15) is 0 Å². The van der Waals surface area contributed by atoms with E-state index in [0.29, 0.717) is 0 Å². The molecule has 0 N–H and O–H groups in total. The van der Waals surface area contributed by atoms with Gasteiger partial charge in [0.2, 0.25) is 0 Å². The predicted octanol–water partition coefficient (Wildman–Crippen LogP) is -4.50. The van der Waals surface area contributed by atoms with Crippen LogP contribution in [0.2, 0.25) is 5.79 Å². The third-order valence-electron chi connectivity index (χ3n) is 1.22. The fourth-order valence-corrected chi connectivity index (χ4v) is 3.86. The van der Waals surface area contributed by atoms with Crippen molar-refractivity contribution in [3.8, 4) is 0 Å². The molecule has 0 bridgehead atoms. The number of nitrogens with zero attached hydrogens (tertiary/aromatic N) is 3. The Bertz CT molecular complexity index is 219. The quantitative estimate of drug-likeness (QED) is 0.408. The molecule has 0 aromatic carbocycles. The minimum absolute atomic E-state index is 0.169. The summed E-state index contributed by atoms with van der Waals surface area (Å²) in [6.45, 7) is 0. The number of hydrogen-bond acceptors (Lipinski definition) is 3. The van der Waals surface area contributed by atoms with Crippen molar-refractivity contribution >= 4 is 61.9 Å². The molecule has 0 atom stereocenters. The van der Waals surface area contributed by atoms with Gasteiger partial charge in [-0.3, -0.25) is 15.0 Å². The van der Waals surface area contributed by atoms with Gasteiger partial charge in [-0.2, -0.15) is 0 Å². The maximum Gasteiger partial charge on any atom is 0.341 e. The largest absolute Gasteiger partial charge is 0.341 e. The van der Waals surface area contributed by atoms with Gasteiger partial charge in [0.05, 0.1) is 0 Å². The number of hydrogen-bond donors (Lipinski definition) is 0. The third-order valence-corrected chi connectivity index (χ3v) is 3.06. The van der Waals surface area contributed by atoms with E-state index < -0.39 is 0 Å². The maximum absolute atomic E-state index is 4.28. The highest BCUT2D eigenvalue weighted by atomic mass is 27.1. The van der Waals surface area contributed by atoms with Crippen LogP contribution in [-0.2, 0) is 0 Å². The van der Waals surface area contributed by atoms with Gasteiger partial charge in [-0.1, -0.05) is 0 Å². The highest BCUT2D eigenvalue weighted by molar-refractivity contribution is 6.50. The molecule has 1 aromatic heterocycles. The van der Waals surface area contributed by atoms with Crippen molar-refractivity contribution in [3.05, 3.63) is 0 Å². The molecule has 0 unspecified atom stereocenters. The van der Waals surface area contributed by atoms with Crippen LogP contribution in [-0.4, -0.2) is 62.8 Å². The van der Waals surface area contributed by atoms with E-state index in [-0.39, 0.29) is 15.2 Å². The second kappa shape index (κ2) is 3.84. The lowest BCUT2D eigenvalue weighted by atomic mass is 11.0. The first-order valence-electron chi connectivity index (χ1n) is 3.40. The number of aromatic nitrogens is 3. The second-order valence-electron chi connectivity index (χ2n) is 2.20. The molecule has 3 nitrogen and oxygen atoms in total. The first-order chi connectivity index (χ1) is 4.72. The fourth-order valence-electron chi connectivity index (χ4n) is 0.841. The molecule has 0 aliphatic heterocycles. The summed E-state index contributed by atoms with van der Waals surface area (Å²) in [4.78, 5) is 12.8. The molecular formula is C4H8Al3N3. The summed E-state index contributed by atoms with van der Waals surface area (Å²) in [5.41, 5.74) is 0. The molecule has 0 radical (unpaired) electrons. The van der Waals surface area contributed by atoms with Gasteiger partial charge in [-0.15, -0.1) is 5.79 Å². The van der Waals surface area contributed by atoms with Crippen molar-refractivity contribution in [2.45, 2.75) is 5.79 Å². The summed E-state index contributed by atoms with van der Waals surface area (Å²) in [7, 11) is 0. The van der Waals surface area contributed by atoms with Gasteiger partial charge in [0.25, 0.3) is 0 Å². The lowest BCUT2D eigenvalue weighted by Gasteiger charge is -1.98. The molecule has 48 valence electrons. The summed E-state index contributed by atoms with van der Waals surface area (Å²) < 4.78 is 3.12. The Morgan fingerprint density at radius 1 is 1.10 bits per heavy atom. The SMILES string of the molecule is [CH3][AlH][c]1n[c]([AlH2])n[c]([AlH2])n1. The van der Waals surface area contributed by atoms with E-state index in [2.05, 4.69) is 20.7 Å². The summed E-state index contributed by atoms with van der Waals surface area (Å²) >= 11 is 1.75. The molecule has 10 heavy (non-hydrogen) atoms. The first kappa shape index (κ1) is 8.70. The highest BCUT2D eigenvalue weighted by Crippen LogP contribution is 1.55. The maximum atomic E-state index is 4.28. The Morgan fingerprint density at radius 2 is 1.60 bits per heavy atom. The van der Waals surface area contributed by atoms with Gasteiger partial charge in [-0.05, 0) is 0 Å². The van der Waals surface area contributed by atoms with Gasteiger partial charge in [-0.25, -0.2) is 0 Å². The van der Waals surface area contributed by atoms with Crippen molar-refractivity contribution < 1.29 is 0 Å². The van der Waals surface area contributed by atoms with Crippen LogP contribution in [0.15, 0.2) is 0 Å². The summed E-state index contributed by atoms with van der Waals surface area (Å²) in [5.74, 6) is 2.21. The van der Waals surface area contributed by atoms with E-state index in [1.54, 1.807) is 0 Å². The smallest absolute Gasteiger partial charge is 0.260 e. The monoisotopic (exact) mass is 179 g/mol. The van der Waals surface area contributed by atoms with Crippen LogP contribution in [0.3, 0.4) is 0 Å². The molecule has 0 amide bonds. The zero-order chi connectivity index (χ0) is 7.56. The minimum Gasteiger partial charge on any atom is -0.260 e. The van der Waals surface area contributed by atoms with E-state index in [1.807, 2.05) is 0 Å². The van der Waals surface area contributed by atoms with Crippen molar-refractivity contribution in [2.24, 2.45) is 0 Å². The molecule has 0 fully saturated rings. The summed E-state index contributed by atoms with van der Waals surface area (Å²) in [6.07, 6.45) is 0. The van der Waals surface area contributed by atoms with Gasteiger partial charge >= 0.3 is 47.8 Å². The Balaban J connectivity index is 3.06. The Labute approximate surface area is 82.2 Å². The van der Waals surface area contributed by atoms with E-state index in [1.165, 1.54) is 0 Å². The van der Waals surface area contributed by atoms with Gasteiger partial charge in [0.15, 0.2) is 0 Å². The average Bonchev–Trinajstić information content (AvgIpc) is 1.85. The lowest BCUT2D eigenvalue weighted by molar-refractivity contribution is 1.19. The molecule has 0 saturated heterocycles. The van der Waals surface area contributed by atoms with Crippen molar-refractivity contribution in [3.63, 3.8) is 0 Å². The fraction of sp³-hybridized carbons (Fsp3) is 0.250.